The third-order valence-electron chi connectivity index (χ3n) is 3.12. The van der Waals surface area contributed by atoms with E-state index in [4.69, 9.17) is 24.2 Å². The fourth-order valence-electron chi connectivity index (χ4n) is 1.95. The van der Waals surface area contributed by atoms with Gasteiger partial charge < -0.3 is 18.9 Å². The van der Waals surface area contributed by atoms with Crippen molar-refractivity contribution in [2.24, 2.45) is 0 Å². The molecule has 2 aromatic carbocycles. The fourth-order valence-corrected chi connectivity index (χ4v) is 1.95. The zero-order valence-electron chi connectivity index (χ0n) is 13.0. The number of benzene rings is 2. The van der Waals surface area contributed by atoms with E-state index in [9.17, 15) is 4.79 Å². The Morgan fingerprint density at radius 1 is 0.913 bits per heavy atom. The van der Waals surface area contributed by atoms with Gasteiger partial charge in [0, 0.05) is 12.1 Å². The first kappa shape index (κ1) is 16.2. The topological polar surface area (TPSA) is 77.8 Å². The van der Waals surface area contributed by atoms with Crippen LogP contribution in [0.4, 0.5) is 0 Å². The summed E-state index contributed by atoms with van der Waals surface area (Å²) in [6.45, 7) is 0. The predicted molar refractivity (Wildman–Crippen MR) is 82.2 cm³/mol. The highest BCUT2D eigenvalue weighted by atomic mass is 16.5. The maximum Gasteiger partial charge on any atom is 0.347 e. The number of esters is 1. The van der Waals surface area contributed by atoms with Crippen molar-refractivity contribution in [2.75, 3.05) is 21.3 Å². The van der Waals surface area contributed by atoms with Crippen LogP contribution in [-0.4, -0.2) is 27.3 Å². The smallest absolute Gasteiger partial charge is 0.347 e. The number of hydrogen-bond acceptors (Lipinski definition) is 6. The zero-order valence-corrected chi connectivity index (χ0v) is 13.0. The number of rotatable bonds is 5. The molecule has 0 atom stereocenters. The summed E-state index contributed by atoms with van der Waals surface area (Å²) in [5.41, 5.74) is 0.683. The summed E-state index contributed by atoms with van der Waals surface area (Å²) in [6.07, 6.45) is 0. The molecule has 0 spiro atoms. The molecule has 0 amide bonds. The minimum atomic E-state index is -0.604. The van der Waals surface area contributed by atoms with Crippen LogP contribution in [0.25, 0.3) is 0 Å². The first-order valence-electron chi connectivity index (χ1n) is 6.65. The van der Waals surface area contributed by atoms with Gasteiger partial charge in [-0.1, -0.05) is 0 Å². The maximum absolute atomic E-state index is 12.4. The van der Waals surface area contributed by atoms with Gasteiger partial charge >= 0.3 is 5.97 Å². The Bertz CT molecular complexity index is 747. The van der Waals surface area contributed by atoms with Crippen LogP contribution < -0.4 is 18.9 Å². The Hall–Kier alpha value is -3.20. The molecule has 0 aliphatic carbocycles. The number of nitrogens with zero attached hydrogens (tertiary/aromatic N) is 1. The third kappa shape index (κ3) is 3.52. The van der Waals surface area contributed by atoms with E-state index < -0.39 is 5.97 Å². The number of carbonyl (C=O) groups excluding carboxylic acids is 1. The Balaban J connectivity index is 2.32. The molecular weight excluding hydrogens is 298 g/mol. The monoisotopic (exact) mass is 313 g/mol. The van der Waals surface area contributed by atoms with Crippen LogP contribution in [0.5, 0.6) is 23.0 Å². The second-order valence-electron chi connectivity index (χ2n) is 4.43. The first-order valence-corrected chi connectivity index (χ1v) is 6.65. The van der Waals surface area contributed by atoms with Crippen molar-refractivity contribution in [1.82, 2.24) is 0 Å². The van der Waals surface area contributed by atoms with Gasteiger partial charge in [-0.3, -0.25) is 0 Å². The first-order chi connectivity index (χ1) is 11.1. The van der Waals surface area contributed by atoms with Gasteiger partial charge in [-0.05, 0) is 24.3 Å². The number of nitriles is 1. The lowest BCUT2D eigenvalue weighted by atomic mass is 10.1. The molecule has 0 saturated carbocycles. The molecule has 2 aromatic rings. The van der Waals surface area contributed by atoms with Crippen molar-refractivity contribution in [3.8, 4) is 29.1 Å². The van der Waals surface area contributed by atoms with Gasteiger partial charge in [0.25, 0.3) is 0 Å². The number of methoxy groups -OCH3 is 3. The van der Waals surface area contributed by atoms with Crippen LogP contribution in [0.3, 0.4) is 0 Å². The average molecular weight is 313 g/mol. The molecule has 0 saturated heterocycles. The van der Waals surface area contributed by atoms with E-state index in [1.54, 1.807) is 30.3 Å². The standard InChI is InChI=1S/C17H15NO5/c1-20-14-9-16(22-3)15(21-2)8-13(14)17(19)23-12-6-4-11(10-18)5-7-12/h4-9H,1-3H3. The number of ether oxygens (including phenoxy) is 4. The SMILES string of the molecule is COc1cc(OC)c(C(=O)Oc2ccc(C#N)cc2)cc1OC. The van der Waals surface area contributed by atoms with E-state index in [2.05, 4.69) is 0 Å². The van der Waals surface area contributed by atoms with Gasteiger partial charge in [0.1, 0.15) is 17.1 Å². The summed E-state index contributed by atoms with van der Waals surface area (Å²) < 4.78 is 20.8. The summed E-state index contributed by atoms with van der Waals surface area (Å²) in [5, 5.41) is 8.76. The van der Waals surface area contributed by atoms with Crippen LogP contribution in [0.2, 0.25) is 0 Å². The largest absolute Gasteiger partial charge is 0.496 e. The molecule has 0 heterocycles. The molecule has 0 fully saturated rings. The summed E-state index contributed by atoms with van der Waals surface area (Å²) in [6, 6.07) is 11.3. The van der Waals surface area contributed by atoms with Crippen molar-refractivity contribution in [2.45, 2.75) is 0 Å². The minimum absolute atomic E-state index is 0.203. The van der Waals surface area contributed by atoms with E-state index in [1.807, 2.05) is 6.07 Å². The summed E-state index contributed by atoms with van der Waals surface area (Å²) in [4.78, 5) is 12.4. The van der Waals surface area contributed by atoms with Crippen molar-refractivity contribution in [1.29, 1.82) is 5.26 Å². The van der Waals surface area contributed by atoms with Gasteiger partial charge in [-0.2, -0.15) is 5.26 Å². The number of hydrogen-bond donors (Lipinski definition) is 0. The Labute approximate surface area is 133 Å². The van der Waals surface area contributed by atoms with Crippen LogP contribution in [0, 0.1) is 11.3 Å². The molecule has 2 rings (SSSR count). The van der Waals surface area contributed by atoms with E-state index in [1.165, 1.54) is 27.4 Å². The molecule has 0 aliphatic heterocycles. The normalized spacial score (nSPS) is 9.65. The zero-order chi connectivity index (χ0) is 16.8. The summed E-state index contributed by atoms with van der Waals surface area (Å²) >= 11 is 0. The van der Waals surface area contributed by atoms with Crippen LogP contribution in [0.15, 0.2) is 36.4 Å². The van der Waals surface area contributed by atoms with Crippen molar-refractivity contribution in [3.63, 3.8) is 0 Å². The van der Waals surface area contributed by atoms with E-state index in [0.717, 1.165) is 0 Å². The maximum atomic E-state index is 12.4. The minimum Gasteiger partial charge on any atom is -0.496 e. The van der Waals surface area contributed by atoms with E-state index in [-0.39, 0.29) is 5.56 Å². The van der Waals surface area contributed by atoms with Gasteiger partial charge in [-0.25, -0.2) is 4.79 Å². The third-order valence-corrected chi connectivity index (χ3v) is 3.12. The van der Waals surface area contributed by atoms with Crippen molar-refractivity contribution < 1.29 is 23.7 Å². The molecule has 118 valence electrons. The van der Waals surface area contributed by atoms with Gasteiger partial charge in [-0.15, -0.1) is 0 Å². The molecule has 0 bridgehead atoms. The average Bonchev–Trinajstić information content (AvgIpc) is 2.60. The van der Waals surface area contributed by atoms with Crippen LogP contribution >= 0.6 is 0 Å². The second kappa shape index (κ2) is 7.18. The van der Waals surface area contributed by atoms with Crippen molar-refractivity contribution in [3.05, 3.63) is 47.5 Å². The number of carbonyl (C=O) groups is 1. The summed E-state index contributed by atoms with van der Waals surface area (Å²) in [7, 11) is 4.41. The lowest BCUT2D eigenvalue weighted by Crippen LogP contribution is -2.11. The molecule has 0 aliphatic rings. The molecule has 0 radical (unpaired) electrons. The van der Waals surface area contributed by atoms with Crippen LogP contribution in [0.1, 0.15) is 15.9 Å². The Morgan fingerprint density at radius 2 is 1.48 bits per heavy atom. The van der Waals surface area contributed by atoms with Gasteiger partial charge in [0.05, 0.1) is 33.0 Å². The highest BCUT2D eigenvalue weighted by Gasteiger charge is 2.19. The molecule has 0 unspecified atom stereocenters. The molecular formula is C17H15NO5. The second-order valence-corrected chi connectivity index (χ2v) is 4.43. The van der Waals surface area contributed by atoms with Gasteiger partial charge in [0.15, 0.2) is 11.5 Å². The Morgan fingerprint density at radius 3 is 2.00 bits per heavy atom. The molecule has 6 nitrogen and oxygen atoms in total. The van der Waals surface area contributed by atoms with E-state index >= 15 is 0 Å². The highest BCUT2D eigenvalue weighted by Crippen LogP contribution is 2.35. The van der Waals surface area contributed by atoms with E-state index in [0.29, 0.717) is 28.6 Å². The lowest BCUT2D eigenvalue weighted by Gasteiger charge is -2.13. The summed E-state index contributed by atoms with van der Waals surface area (Å²) in [5.74, 6) is 0.860. The molecule has 0 N–H and O–H groups in total. The lowest BCUT2D eigenvalue weighted by molar-refractivity contribution is 0.0730. The van der Waals surface area contributed by atoms with Gasteiger partial charge in [0.2, 0.25) is 0 Å². The van der Waals surface area contributed by atoms with Crippen LogP contribution in [-0.2, 0) is 0 Å². The Kier molecular flexibility index (Phi) is 5.05. The fraction of sp³-hybridized carbons (Fsp3) is 0.176. The van der Waals surface area contributed by atoms with Crippen molar-refractivity contribution >= 4 is 5.97 Å². The predicted octanol–water partition coefficient (Wildman–Crippen LogP) is 2.80. The molecule has 23 heavy (non-hydrogen) atoms. The molecule has 0 aromatic heterocycles. The molecule has 6 heteroatoms. The highest BCUT2D eigenvalue weighted by molar-refractivity contribution is 5.95. The quantitative estimate of drug-likeness (QED) is 0.624.